The number of nitrogens with zero attached hydrogens (tertiary/aromatic N) is 1. The van der Waals surface area contributed by atoms with Gasteiger partial charge in [-0.15, -0.1) is 0 Å². The standard InChI is InChI=1S/C26H29N3O4/c1-19-10-11-20(2)24(16-19)33-15-7-14-32-23-13-12-21(17-25(23)31-3)18-27-29-26(30)28-22-8-5-4-6-9-22/h4-6,8-13,16-18H,7,14-15H2,1-3H3,(H2,28,29,30). The van der Waals surface area contributed by atoms with Gasteiger partial charge in [0.05, 0.1) is 26.5 Å². The number of carbonyl (C=O) groups is 1. The fraction of sp³-hybridized carbons (Fsp3) is 0.231. The highest BCUT2D eigenvalue weighted by Crippen LogP contribution is 2.27. The molecule has 2 amide bonds. The smallest absolute Gasteiger partial charge is 0.339 e. The van der Waals surface area contributed by atoms with Crippen LogP contribution in [0.25, 0.3) is 0 Å². The molecule has 7 heteroatoms. The number of ether oxygens (including phenoxy) is 3. The number of urea groups is 1. The molecule has 2 N–H and O–H groups in total. The number of anilines is 1. The molecule has 0 heterocycles. The second kappa shape index (κ2) is 12.1. The van der Waals surface area contributed by atoms with Crippen LogP contribution >= 0.6 is 0 Å². The topological polar surface area (TPSA) is 81.2 Å². The highest BCUT2D eigenvalue weighted by molar-refractivity contribution is 5.90. The zero-order chi connectivity index (χ0) is 23.5. The molecule has 7 nitrogen and oxygen atoms in total. The van der Waals surface area contributed by atoms with Crippen LogP contribution in [0.2, 0.25) is 0 Å². The molecular formula is C26H29N3O4. The first-order valence-electron chi connectivity index (χ1n) is 10.7. The summed E-state index contributed by atoms with van der Waals surface area (Å²) in [6.07, 6.45) is 2.27. The van der Waals surface area contributed by atoms with Crippen LogP contribution in [0.1, 0.15) is 23.1 Å². The van der Waals surface area contributed by atoms with E-state index >= 15 is 0 Å². The molecule has 0 aromatic heterocycles. The highest BCUT2D eigenvalue weighted by atomic mass is 16.5. The quantitative estimate of drug-likeness (QED) is 0.251. The monoisotopic (exact) mass is 447 g/mol. The second-order valence-corrected chi connectivity index (χ2v) is 7.42. The number of hydrazone groups is 1. The number of para-hydroxylation sites is 1. The van der Waals surface area contributed by atoms with Crippen molar-refractivity contribution < 1.29 is 19.0 Å². The fourth-order valence-electron chi connectivity index (χ4n) is 3.02. The molecule has 0 atom stereocenters. The van der Waals surface area contributed by atoms with Gasteiger partial charge >= 0.3 is 6.03 Å². The number of benzene rings is 3. The van der Waals surface area contributed by atoms with Crippen LogP contribution in [-0.4, -0.2) is 32.6 Å². The van der Waals surface area contributed by atoms with Crippen LogP contribution in [0.15, 0.2) is 71.8 Å². The summed E-state index contributed by atoms with van der Waals surface area (Å²) in [4.78, 5) is 11.9. The first-order valence-corrected chi connectivity index (χ1v) is 10.7. The first-order chi connectivity index (χ1) is 16.0. The Labute approximate surface area is 194 Å². The van der Waals surface area contributed by atoms with E-state index in [1.54, 1.807) is 25.3 Å². The molecule has 0 bridgehead atoms. The summed E-state index contributed by atoms with van der Waals surface area (Å²) in [5.41, 5.74) is 6.18. The number of nitrogens with one attached hydrogen (secondary N) is 2. The summed E-state index contributed by atoms with van der Waals surface area (Å²) in [5, 5.41) is 6.66. The van der Waals surface area contributed by atoms with E-state index in [1.165, 1.54) is 11.8 Å². The molecule has 3 aromatic rings. The molecule has 0 unspecified atom stereocenters. The third-order valence-electron chi connectivity index (χ3n) is 4.75. The summed E-state index contributed by atoms with van der Waals surface area (Å²) in [5.74, 6) is 2.13. The predicted molar refractivity (Wildman–Crippen MR) is 131 cm³/mol. The molecule has 3 aromatic carbocycles. The van der Waals surface area contributed by atoms with Gasteiger partial charge in [0.15, 0.2) is 11.5 Å². The van der Waals surface area contributed by atoms with Gasteiger partial charge in [-0.25, -0.2) is 10.2 Å². The van der Waals surface area contributed by atoms with E-state index in [2.05, 4.69) is 28.0 Å². The van der Waals surface area contributed by atoms with Crippen molar-refractivity contribution in [2.45, 2.75) is 20.3 Å². The summed E-state index contributed by atoms with van der Waals surface area (Å²) in [6, 6.07) is 20.3. The SMILES string of the molecule is COc1cc(C=NNC(=O)Nc2ccccc2)ccc1OCCCOc1cc(C)ccc1C. The van der Waals surface area contributed by atoms with Gasteiger partial charge in [0.1, 0.15) is 5.75 Å². The van der Waals surface area contributed by atoms with Crippen LogP contribution in [0, 0.1) is 13.8 Å². The molecule has 33 heavy (non-hydrogen) atoms. The van der Waals surface area contributed by atoms with Gasteiger partial charge in [0.2, 0.25) is 0 Å². The van der Waals surface area contributed by atoms with Gasteiger partial charge in [-0.2, -0.15) is 5.10 Å². The zero-order valence-corrected chi connectivity index (χ0v) is 19.1. The molecule has 0 aliphatic carbocycles. The summed E-state index contributed by atoms with van der Waals surface area (Å²) in [6.45, 7) is 5.14. The third kappa shape index (κ3) is 7.57. The summed E-state index contributed by atoms with van der Waals surface area (Å²) >= 11 is 0. The van der Waals surface area contributed by atoms with Crippen molar-refractivity contribution in [1.29, 1.82) is 0 Å². The van der Waals surface area contributed by atoms with E-state index in [0.717, 1.165) is 23.3 Å². The zero-order valence-electron chi connectivity index (χ0n) is 19.1. The average molecular weight is 448 g/mol. The van der Waals surface area contributed by atoms with Crippen molar-refractivity contribution in [3.63, 3.8) is 0 Å². The fourth-order valence-corrected chi connectivity index (χ4v) is 3.02. The van der Waals surface area contributed by atoms with Gasteiger partial charge in [-0.3, -0.25) is 0 Å². The van der Waals surface area contributed by atoms with Crippen molar-refractivity contribution in [3.8, 4) is 17.2 Å². The average Bonchev–Trinajstić information content (AvgIpc) is 2.82. The van der Waals surface area contributed by atoms with E-state index < -0.39 is 6.03 Å². The number of amides is 2. The molecule has 0 saturated carbocycles. The Hall–Kier alpha value is -4.00. The van der Waals surface area contributed by atoms with Crippen LogP contribution in [0.4, 0.5) is 10.5 Å². The van der Waals surface area contributed by atoms with E-state index in [-0.39, 0.29) is 0 Å². The second-order valence-electron chi connectivity index (χ2n) is 7.42. The van der Waals surface area contributed by atoms with E-state index in [4.69, 9.17) is 14.2 Å². The molecular weight excluding hydrogens is 418 g/mol. The lowest BCUT2D eigenvalue weighted by Gasteiger charge is -2.12. The summed E-state index contributed by atoms with van der Waals surface area (Å²) < 4.78 is 17.1. The van der Waals surface area contributed by atoms with Crippen molar-refractivity contribution in [1.82, 2.24) is 5.43 Å². The minimum absolute atomic E-state index is 0.424. The number of hydrogen-bond donors (Lipinski definition) is 2. The molecule has 0 fully saturated rings. The van der Waals surface area contributed by atoms with Crippen LogP contribution in [0.5, 0.6) is 17.2 Å². The number of aryl methyl sites for hydroxylation is 2. The maximum atomic E-state index is 11.9. The van der Waals surface area contributed by atoms with E-state index in [1.807, 2.05) is 50.2 Å². The van der Waals surface area contributed by atoms with Crippen molar-refractivity contribution in [3.05, 3.63) is 83.4 Å². The van der Waals surface area contributed by atoms with Gasteiger partial charge in [-0.05, 0) is 66.9 Å². The Kier molecular flexibility index (Phi) is 8.71. The maximum Gasteiger partial charge on any atom is 0.339 e. The molecule has 0 aliphatic rings. The molecule has 0 saturated heterocycles. The van der Waals surface area contributed by atoms with Crippen molar-refractivity contribution >= 4 is 17.9 Å². The number of methoxy groups -OCH3 is 1. The Morgan fingerprint density at radius 3 is 2.42 bits per heavy atom. The van der Waals surface area contributed by atoms with Gasteiger partial charge in [0.25, 0.3) is 0 Å². The molecule has 3 rings (SSSR count). The lowest BCUT2D eigenvalue weighted by atomic mass is 10.1. The van der Waals surface area contributed by atoms with Crippen molar-refractivity contribution in [2.24, 2.45) is 5.10 Å². The number of hydrogen-bond acceptors (Lipinski definition) is 5. The lowest BCUT2D eigenvalue weighted by Crippen LogP contribution is -2.24. The Balaban J connectivity index is 1.45. The lowest BCUT2D eigenvalue weighted by molar-refractivity contribution is 0.239. The minimum Gasteiger partial charge on any atom is -0.493 e. The molecule has 0 radical (unpaired) electrons. The van der Waals surface area contributed by atoms with E-state index in [0.29, 0.717) is 30.4 Å². The number of rotatable bonds is 10. The van der Waals surface area contributed by atoms with Gasteiger partial charge in [0, 0.05) is 12.1 Å². The molecule has 0 aliphatic heterocycles. The molecule has 0 spiro atoms. The predicted octanol–water partition coefficient (Wildman–Crippen LogP) is 5.32. The van der Waals surface area contributed by atoms with Crippen LogP contribution < -0.4 is 25.0 Å². The first kappa shape index (κ1) is 23.7. The number of carbonyl (C=O) groups excluding carboxylic acids is 1. The largest absolute Gasteiger partial charge is 0.493 e. The van der Waals surface area contributed by atoms with Gasteiger partial charge < -0.3 is 19.5 Å². The maximum absolute atomic E-state index is 11.9. The molecule has 172 valence electrons. The Morgan fingerprint density at radius 1 is 0.909 bits per heavy atom. The summed E-state index contributed by atoms with van der Waals surface area (Å²) in [7, 11) is 1.58. The Morgan fingerprint density at radius 2 is 1.67 bits per heavy atom. The van der Waals surface area contributed by atoms with Crippen molar-refractivity contribution in [2.75, 3.05) is 25.6 Å². The third-order valence-corrected chi connectivity index (χ3v) is 4.75. The van der Waals surface area contributed by atoms with E-state index in [9.17, 15) is 4.79 Å². The van der Waals surface area contributed by atoms with Crippen LogP contribution in [0.3, 0.4) is 0 Å². The normalized spacial score (nSPS) is 10.6. The Bertz CT molecular complexity index is 1080. The van der Waals surface area contributed by atoms with Gasteiger partial charge in [-0.1, -0.05) is 30.3 Å². The minimum atomic E-state index is -0.424. The van der Waals surface area contributed by atoms with Crippen LogP contribution in [-0.2, 0) is 0 Å². The highest BCUT2D eigenvalue weighted by Gasteiger charge is 2.06.